The van der Waals surface area contributed by atoms with Crippen LogP contribution in [0.25, 0.3) is 0 Å². The van der Waals surface area contributed by atoms with Crippen LogP contribution in [0.5, 0.6) is 5.75 Å². The van der Waals surface area contributed by atoms with E-state index < -0.39 is 0 Å². The van der Waals surface area contributed by atoms with Gasteiger partial charge in [0.15, 0.2) is 0 Å². The van der Waals surface area contributed by atoms with E-state index in [0.29, 0.717) is 12.6 Å². The number of nitrogens with zero attached hydrogens (tertiary/aromatic N) is 2. The molecule has 1 unspecified atom stereocenters. The minimum absolute atomic E-state index is 0.0439. The van der Waals surface area contributed by atoms with Gasteiger partial charge < -0.3 is 10.5 Å². The molecule has 0 fully saturated rings. The summed E-state index contributed by atoms with van der Waals surface area (Å²) in [4.78, 5) is 0. The molecule has 0 bridgehead atoms. The van der Waals surface area contributed by atoms with Gasteiger partial charge in [0.05, 0.1) is 5.69 Å². The molecule has 0 aliphatic heterocycles. The third kappa shape index (κ3) is 3.85. The lowest BCUT2D eigenvalue weighted by molar-refractivity contribution is 0.293. The number of aryl methyl sites for hydroxylation is 1. The Morgan fingerprint density at radius 3 is 2.71 bits per heavy atom. The van der Waals surface area contributed by atoms with Crippen LogP contribution >= 0.6 is 0 Å². The smallest absolute Gasteiger partial charge is 0.132 e. The molecule has 1 heterocycles. The van der Waals surface area contributed by atoms with Crippen molar-refractivity contribution in [1.82, 2.24) is 9.78 Å². The number of nitrogens with two attached hydrogens (primary N) is 1. The van der Waals surface area contributed by atoms with Crippen LogP contribution < -0.4 is 10.5 Å². The van der Waals surface area contributed by atoms with Crippen LogP contribution in [0.1, 0.15) is 56.1 Å². The highest BCUT2D eigenvalue weighted by molar-refractivity contribution is 5.38. The molecule has 21 heavy (non-hydrogen) atoms. The van der Waals surface area contributed by atoms with Gasteiger partial charge in [0.1, 0.15) is 12.4 Å². The molecule has 4 heteroatoms. The SMILES string of the molecule is CCC(C)n1ccc(COc2ccc(C)cc2[C@H](C)N)n1. The second-order valence-corrected chi connectivity index (χ2v) is 5.66. The van der Waals surface area contributed by atoms with Crippen molar-refractivity contribution < 1.29 is 4.74 Å². The fourth-order valence-electron chi connectivity index (χ4n) is 2.19. The molecule has 2 N–H and O–H groups in total. The van der Waals surface area contributed by atoms with Crippen molar-refractivity contribution in [3.8, 4) is 5.75 Å². The molecule has 0 saturated heterocycles. The van der Waals surface area contributed by atoms with Gasteiger partial charge in [-0.15, -0.1) is 0 Å². The highest BCUT2D eigenvalue weighted by atomic mass is 16.5. The van der Waals surface area contributed by atoms with Crippen molar-refractivity contribution >= 4 is 0 Å². The maximum atomic E-state index is 6.01. The molecule has 2 atom stereocenters. The van der Waals surface area contributed by atoms with Crippen LogP contribution in [0.2, 0.25) is 0 Å². The average Bonchev–Trinajstić information content (AvgIpc) is 2.93. The van der Waals surface area contributed by atoms with E-state index in [2.05, 4.69) is 31.9 Å². The molecule has 2 rings (SSSR count). The molecule has 0 aliphatic carbocycles. The second-order valence-electron chi connectivity index (χ2n) is 5.66. The molecule has 0 radical (unpaired) electrons. The molecule has 1 aromatic heterocycles. The lowest BCUT2D eigenvalue weighted by atomic mass is 10.1. The van der Waals surface area contributed by atoms with Gasteiger partial charge in [-0.05, 0) is 39.3 Å². The molecule has 0 saturated carbocycles. The largest absolute Gasteiger partial charge is 0.487 e. The Morgan fingerprint density at radius 1 is 1.29 bits per heavy atom. The van der Waals surface area contributed by atoms with E-state index in [9.17, 15) is 0 Å². The summed E-state index contributed by atoms with van der Waals surface area (Å²) in [5.74, 6) is 0.841. The number of aromatic nitrogens is 2. The minimum Gasteiger partial charge on any atom is -0.487 e. The van der Waals surface area contributed by atoms with Crippen LogP contribution in [0, 0.1) is 6.92 Å². The van der Waals surface area contributed by atoms with Crippen molar-refractivity contribution in [3.05, 3.63) is 47.3 Å². The molecule has 1 aromatic carbocycles. The monoisotopic (exact) mass is 287 g/mol. The van der Waals surface area contributed by atoms with Gasteiger partial charge >= 0.3 is 0 Å². The summed E-state index contributed by atoms with van der Waals surface area (Å²) in [6.45, 7) is 8.81. The number of rotatable bonds is 6. The van der Waals surface area contributed by atoms with Gasteiger partial charge in [0, 0.05) is 23.8 Å². The zero-order chi connectivity index (χ0) is 15.4. The molecule has 0 amide bonds. The molecule has 0 spiro atoms. The molecule has 4 nitrogen and oxygen atoms in total. The maximum Gasteiger partial charge on any atom is 0.132 e. The third-order valence-electron chi connectivity index (χ3n) is 3.74. The number of hydrogen-bond donors (Lipinski definition) is 1. The van der Waals surface area contributed by atoms with Crippen molar-refractivity contribution in [1.29, 1.82) is 0 Å². The standard InChI is InChI=1S/C17H25N3O/c1-5-13(3)20-9-8-15(19-20)11-21-17-7-6-12(2)10-16(17)14(4)18/h6-10,13-14H,5,11,18H2,1-4H3/t13?,14-/m0/s1. The Balaban J connectivity index is 2.08. The molecular weight excluding hydrogens is 262 g/mol. The van der Waals surface area contributed by atoms with E-state index in [4.69, 9.17) is 10.5 Å². The first-order valence-corrected chi connectivity index (χ1v) is 7.54. The van der Waals surface area contributed by atoms with Crippen LogP contribution in [-0.2, 0) is 6.61 Å². The Kier molecular flexibility index (Phi) is 5.02. The van der Waals surface area contributed by atoms with Gasteiger partial charge in [-0.25, -0.2) is 0 Å². The highest BCUT2D eigenvalue weighted by Gasteiger charge is 2.10. The Labute approximate surface area is 126 Å². The van der Waals surface area contributed by atoms with E-state index in [-0.39, 0.29) is 6.04 Å². The van der Waals surface area contributed by atoms with Gasteiger partial charge in [-0.2, -0.15) is 5.10 Å². The summed E-state index contributed by atoms with van der Waals surface area (Å²) in [5, 5.41) is 4.55. The molecule has 114 valence electrons. The van der Waals surface area contributed by atoms with Crippen molar-refractivity contribution in [2.45, 2.75) is 52.8 Å². The Hall–Kier alpha value is -1.81. The summed E-state index contributed by atoms with van der Waals surface area (Å²) in [5.41, 5.74) is 9.18. The fraction of sp³-hybridized carbons (Fsp3) is 0.471. The zero-order valence-electron chi connectivity index (χ0n) is 13.3. The van der Waals surface area contributed by atoms with E-state index in [1.165, 1.54) is 5.56 Å². The van der Waals surface area contributed by atoms with Gasteiger partial charge in [-0.1, -0.05) is 24.6 Å². The van der Waals surface area contributed by atoms with E-state index in [1.807, 2.05) is 36.0 Å². The predicted molar refractivity (Wildman–Crippen MR) is 85.3 cm³/mol. The van der Waals surface area contributed by atoms with Gasteiger partial charge in [0.25, 0.3) is 0 Å². The lowest BCUT2D eigenvalue weighted by Crippen LogP contribution is -2.09. The van der Waals surface area contributed by atoms with Crippen LogP contribution in [0.15, 0.2) is 30.5 Å². The zero-order valence-corrected chi connectivity index (χ0v) is 13.3. The topological polar surface area (TPSA) is 53.1 Å². The third-order valence-corrected chi connectivity index (χ3v) is 3.74. The molecule has 0 aliphatic rings. The van der Waals surface area contributed by atoms with Gasteiger partial charge in [0.2, 0.25) is 0 Å². The van der Waals surface area contributed by atoms with E-state index in [1.54, 1.807) is 0 Å². The Morgan fingerprint density at radius 2 is 2.05 bits per heavy atom. The normalized spacial score (nSPS) is 14.0. The predicted octanol–water partition coefficient (Wildman–Crippen LogP) is 3.76. The summed E-state index contributed by atoms with van der Waals surface area (Å²) in [7, 11) is 0. The highest BCUT2D eigenvalue weighted by Crippen LogP contribution is 2.25. The lowest BCUT2D eigenvalue weighted by Gasteiger charge is -2.14. The quantitative estimate of drug-likeness (QED) is 0.880. The summed E-state index contributed by atoms with van der Waals surface area (Å²) < 4.78 is 7.90. The first-order valence-electron chi connectivity index (χ1n) is 7.54. The minimum atomic E-state index is -0.0439. The number of benzene rings is 1. The first-order chi connectivity index (χ1) is 10.0. The summed E-state index contributed by atoms with van der Waals surface area (Å²) in [6.07, 6.45) is 3.07. The van der Waals surface area contributed by atoms with E-state index in [0.717, 1.165) is 23.4 Å². The summed E-state index contributed by atoms with van der Waals surface area (Å²) >= 11 is 0. The van der Waals surface area contributed by atoms with Crippen molar-refractivity contribution in [2.24, 2.45) is 5.73 Å². The van der Waals surface area contributed by atoms with Gasteiger partial charge in [-0.3, -0.25) is 4.68 Å². The second kappa shape index (κ2) is 6.76. The first kappa shape index (κ1) is 15.6. The van der Waals surface area contributed by atoms with Crippen LogP contribution in [0.4, 0.5) is 0 Å². The fourth-order valence-corrected chi connectivity index (χ4v) is 2.19. The van der Waals surface area contributed by atoms with E-state index >= 15 is 0 Å². The average molecular weight is 287 g/mol. The number of ether oxygens (including phenoxy) is 1. The Bertz CT molecular complexity index is 589. The van der Waals surface area contributed by atoms with Crippen LogP contribution in [0.3, 0.4) is 0 Å². The van der Waals surface area contributed by atoms with Crippen molar-refractivity contribution in [3.63, 3.8) is 0 Å². The number of hydrogen-bond acceptors (Lipinski definition) is 3. The molecular formula is C17H25N3O. The molecule has 2 aromatic rings. The van der Waals surface area contributed by atoms with Crippen molar-refractivity contribution in [2.75, 3.05) is 0 Å². The summed E-state index contributed by atoms with van der Waals surface area (Å²) in [6, 6.07) is 8.48. The maximum absolute atomic E-state index is 6.01. The van der Waals surface area contributed by atoms with Crippen LogP contribution in [-0.4, -0.2) is 9.78 Å².